The molecule has 0 aliphatic heterocycles. The van der Waals surface area contributed by atoms with Crippen LogP contribution in [0.3, 0.4) is 0 Å². The van der Waals surface area contributed by atoms with E-state index in [-0.39, 0.29) is 0 Å². The summed E-state index contributed by atoms with van der Waals surface area (Å²) in [7, 11) is 0. The van der Waals surface area contributed by atoms with Gasteiger partial charge < -0.3 is 9.73 Å². The standard InChI is InChI=1S/C18H14BrN3O/c19-17-11-21-18-16(20-10-15-7-4-8-23-15)9-14(12-22(17)18)13-5-2-1-3-6-13/h1-9,11-12,20H,10H2. The molecular formula is C18H14BrN3O. The molecule has 0 spiro atoms. The molecule has 4 nitrogen and oxygen atoms in total. The van der Waals surface area contributed by atoms with E-state index in [0.717, 1.165) is 32.8 Å². The number of pyridine rings is 1. The molecule has 1 N–H and O–H groups in total. The van der Waals surface area contributed by atoms with E-state index in [1.807, 2.05) is 40.9 Å². The third-order valence-electron chi connectivity index (χ3n) is 3.70. The van der Waals surface area contributed by atoms with E-state index >= 15 is 0 Å². The van der Waals surface area contributed by atoms with Crippen molar-refractivity contribution in [3.8, 4) is 11.1 Å². The van der Waals surface area contributed by atoms with Crippen LogP contribution in [0.2, 0.25) is 0 Å². The molecular weight excluding hydrogens is 354 g/mol. The lowest BCUT2D eigenvalue weighted by atomic mass is 10.1. The van der Waals surface area contributed by atoms with Gasteiger partial charge in [0, 0.05) is 11.8 Å². The van der Waals surface area contributed by atoms with Crippen LogP contribution in [0.5, 0.6) is 0 Å². The second-order valence-corrected chi connectivity index (χ2v) is 6.03. The molecule has 3 heterocycles. The van der Waals surface area contributed by atoms with Crippen LogP contribution in [0.4, 0.5) is 5.69 Å². The van der Waals surface area contributed by atoms with Crippen molar-refractivity contribution in [2.24, 2.45) is 0 Å². The summed E-state index contributed by atoms with van der Waals surface area (Å²) in [5, 5.41) is 3.42. The van der Waals surface area contributed by atoms with Crippen molar-refractivity contribution in [1.82, 2.24) is 9.38 Å². The maximum Gasteiger partial charge on any atom is 0.161 e. The van der Waals surface area contributed by atoms with Crippen LogP contribution < -0.4 is 5.32 Å². The number of rotatable bonds is 4. The van der Waals surface area contributed by atoms with Crippen molar-refractivity contribution >= 4 is 27.3 Å². The molecule has 23 heavy (non-hydrogen) atoms. The average molecular weight is 368 g/mol. The largest absolute Gasteiger partial charge is 0.467 e. The first-order valence-electron chi connectivity index (χ1n) is 7.29. The third kappa shape index (κ3) is 2.75. The number of anilines is 1. The molecule has 0 fully saturated rings. The van der Waals surface area contributed by atoms with E-state index in [9.17, 15) is 0 Å². The molecule has 0 saturated heterocycles. The second-order valence-electron chi connectivity index (χ2n) is 5.22. The quantitative estimate of drug-likeness (QED) is 0.553. The van der Waals surface area contributed by atoms with Crippen molar-refractivity contribution < 1.29 is 4.42 Å². The van der Waals surface area contributed by atoms with Gasteiger partial charge in [-0.25, -0.2) is 4.98 Å². The van der Waals surface area contributed by atoms with Gasteiger partial charge in [0.2, 0.25) is 0 Å². The minimum absolute atomic E-state index is 0.616. The number of hydrogen-bond donors (Lipinski definition) is 1. The van der Waals surface area contributed by atoms with Crippen molar-refractivity contribution in [3.63, 3.8) is 0 Å². The average Bonchev–Trinajstić information content (AvgIpc) is 3.24. The van der Waals surface area contributed by atoms with Crippen molar-refractivity contribution in [3.05, 3.63) is 77.6 Å². The highest BCUT2D eigenvalue weighted by molar-refractivity contribution is 9.10. The Hall–Kier alpha value is -2.53. The Bertz CT molecular complexity index is 930. The molecule has 0 aliphatic carbocycles. The maximum atomic E-state index is 5.39. The maximum absolute atomic E-state index is 5.39. The van der Waals surface area contributed by atoms with Gasteiger partial charge in [-0.1, -0.05) is 30.3 Å². The van der Waals surface area contributed by atoms with Crippen LogP contribution in [-0.4, -0.2) is 9.38 Å². The highest BCUT2D eigenvalue weighted by atomic mass is 79.9. The fourth-order valence-corrected chi connectivity index (χ4v) is 2.95. The number of fused-ring (bicyclic) bond motifs is 1. The van der Waals surface area contributed by atoms with Gasteiger partial charge >= 0.3 is 0 Å². The fraction of sp³-hybridized carbons (Fsp3) is 0.0556. The van der Waals surface area contributed by atoms with Crippen LogP contribution in [0.25, 0.3) is 16.8 Å². The highest BCUT2D eigenvalue weighted by Gasteiger charge is 2.10. The summed E-state index contributed by atoms with van der Waals surface area (Å²) in [5.74, 6) is 0.888. The van der Waals surface area contributed by atoms with Gasteiger partial charge in [0.25, 0.3) is 0 Å². The van der Waals surface area contributed by atoms with E-state index in [1.165, 1.54) is 0 Å². The SMILES string of the molecule is Brc1cnc2c(NCc3ccco3)cc(-c3ccccc3)cn12. The van der Waals surface area contributed by atoms with Crippen molar-refractivity contribution in [2.45, 2.75) is 6.54 Å². The summed E-state index contributed by atoms with van der Waals surface area (Å²) < 4.78 is 8.35. The first kappa shape index (κ1) is 14.1. The van der Waals surface area contributed by atoms with E-state index in [0.29, 0.717) is 6.54 Å². The number of nitrogens with zero attached hydrogens (tertiary/aromatic N) is 2. The monoisotopic (exact) mass is 367 g/mol. The Labute approximate surface area is 141 Å². The van der Waals surface area contributed by atoms with Crippen molar-refractivity contribution in [2.75, 3.05) is 5.32 Å². The molecule has 0 aliphatic rings. The van der Waals surface area contributed by atoms with Gasteiger partial charge in [0.1, 0.15) is 10.4 Å². The molecule has 4 rings (SSSR count). The minimum atomic E-state index is 0.616. The second kappa shape index (κ2) is 5.93. The Morgan fingerprint density at radius 2 is 1.96 bits per heavy atom. The van der Waals surface area contributed by atoms with Crippen LogP contribution in [0.1, 0.15) is 5.76 Å². The van der Waals surface area contributed by atoms with E-state index < -0.39 is 0 Å². The lowest BCUT2D eigenvalue weighted by Gasteiger charge is -2.10. The number of aromatic nitrogens is 2. The van der Waals surface area contributed by atoms with Crippen LogP contribution >= 0.6 is 15.9 Å². The van der Waals surface area contributed by atoms with Gasteiger partial charge in [0.05, 0.1) is 24.7 Å². The van der Waals surface area contributed by atoms with Crippen LogP contribution in [0, 0.1) is 0 Å². The lowest BCUT2D eigenvalue weighted by molar-refractivity contribution is 0.518. The van der Waals surface area contributed by atoms with Crippen molar-refractivity contribution in [1.29, 1.82) is 0 Å². The Kier molecular flexibility index (Phi) is 3.63. The summed E-state index contributed by atoms with van der Waals surface area (Å²) in [6, 6.07) is 16.3. The molecule has 0 bridgehead atoms. The highest BCUT2D eigenvalue weighted by Crippen LogP contribution is 2.28. The van der Waals surface area contributed by atoms with E-state index in [4.69, 9.17) is 4.42 Å². The van der Waals surface area contributed by atoms with E-state index in [1.54, 1.807) is 6.26 Å². The predicted molar refractivity (Wildman–Crippen MR) is 94.4 cm³/mol. The van der Waals surface area contributed by atoms with Gasteiger partial charge in [-0.2, -0.15) is 0 Å². The number of hydrogen-bond acceptors (Lipinski definition) is 3. The van der Waals surface area contributed by atoms with Gasteiger partial charge in [-0.3, -0.25) is 4.40 Å². The first-order chi connectivity index (χ1) is 11.3. The number of imidazole rings is 1. The lowest BCUT2D eigenvalue weighted by Crippen LogP contribution is -2.01. The Morgan fingerprint density at radius 3 is 2.74 bits per heavy atom. The molecule has 0 amide bonds. The topological polar surface area (TPSA) is 42.5 Å². The Morgan fingerprint density at radius 1 is 1.09 bits per heavy atom. The number of benzene rings is 1. The van der Waals surface area contributed by atoms with Crippen LogP contribution in [-0.2, 0) is 6.54 Å². The molecule has 114 valence electrons. The fourth-order valence-electron chi connectivity index (χ4n) is 2.57. The summed E-state index contributed by atoms with van der Waals surface area (Å²) >= 11 is 3.55. The number of furan rings is 1. The normalized spacial score (nSPS) is 11.0. The molecule has 0 unspecified atom stereocenters. The number of halogens is 1. The molecule has 0 atom stereocenters. The van der Waals surface area contributed by atoms with E-state index in [2.05, 4.69) is 50.6 Å². The molecule has 5 heteroatoms. The summed E-state index contributed by atoms with van der Waals surface area (Å²) in [6.45, 7) is 0.616. The number of nitrogens with one attached hydrogen (secondary N) is 1. The predicted octanol–water partition coefficient (Wildman–Crippen LogP) is 4.97. The van der Waals surface area contributed by atoms with Gasteiger partial charge in [-0.05, 0) is 39.7 Å². The van der Waals surface area contributed by atoms with Gasteiger partial charge in [-0.15, -0.1) is 0 Å². The molecule has 0 saturated carbocycles. The zero-order chi connectivity index (χ0) is 15.6. The summed E-state index contributed by atoms with van der Waals surface area (Å²) in [4.78, 5) is 4.48. The molecule has 0 radical (unpaired) electrons. The van der Waals surface area contributed by atoms with Gasteiger partial charge in [0.15, 0.2) is 5.65 Å². The smallest absolute Gasteiger partial charge is 0.161 e. The first-order valence-corrected chi connectivity index (χ1v) is 8.09. The summed E-state index contributed by atoms with van der Waals surface area (Å²) in [5.41, 5.74) is 4.13. The van der Waals surface area contributed by atoms with Crippen LogP contribution in [0.15, 0.2) is 76.2 Å². The third-order valence-corrected chi connectivity index (χ3v) is 4.29. The zero-order valence-electron chi connectivity index (χ0n) is 12.2. The summed E-state index contributed by atoms with van der Waals surface area (Å²) in [6.07, 6.45) is 5.57. The Balaban J connectivity index is 1.78. The molecule has 3 aromatic heterocycles. The minimum Gasteiger partial charge on any atom is -0.467 e. The zero-order valence-corrected chi connectivity index (χ0v) is 13.8. The molecule has 4 aromatic rings. The molecule has 1 aromatic carbocycles.